The first-order chi connectivity index (χ1) is 9.44. The Morgan fingerprint density at radius 3 is 2.48 bits per heavy atom. The predicted molar refractivity (Wildman–Crippen MR) is 83.3 cm³/mol. The molecule has 0 aromatic heterocycles. The molecule has 0 unspecified atom stereocenters. The van der Waals surface area contributed by atoms with Crippen molar-refractivity contribution in [2.24, 2.45) is 5.41 Å². The maximum absolute atomic E-state index is 13.9. The zero-order valence-electron chi connectivity index (χ0n) is 12.6. The molecule has 3 N–H and O–H groups in total. The summed E-state index contributed by atoms with van der Waals surface area (Å²) in [4.78, 5) is 1.42. The lowest BCUT2D eigenvalue weighted by Gasteiger charge is -2.28. The lowest BCUT2D eigenvalue weighted by molar-refractivity contribution is 0.242. The second-order valence-corrected chi connectivity index (χ2v) is 8.21. The second-order valence-electron chi connectivity index (χ2n) is 6.03. The van der Waals surface area contributed by atoms with E-state index in [-0.39, 0.29) is 22.7 Å². The van der Waals surface area contributed by atoms with Crippen molar-refractivity contribution >= 4 is 27.3 Å². The Morgan fingerprint density at radius 1 is 1.38 bits per heavy atom. The Hall–Kier alpha value is -0.890. The van der Waals surface area contributed by atoms with E-state index < -0.39 is 20.7 Å². The van der Waals surface area contributed by atoms with Crippen LogP contribution in [-0.2, 0) is 10.0 Å². The highest BCUT2D eigenvalue weighted by atomic mass is 35.5. The van der Waals surface area contributed by atoms with E-state index in [9.17, 15) is 12.8 Å². The van der Waals surface area contributed by atoms with E-state index in [0.717, 1.165) is 6.07 Å². The predicted octanol–water partition coefficient (Wildman–Crippen LogP) is 1.93. The molecule has 1 aromatic carbocycles. The van der Waals surface area contributed by atoms with Crippen molar-refractivity contribution in [3.63, 3.8) is 0 Å². The molecule has 0 radical (unpaired) electrons. The monoisotopic (exact) mass is 337 g/mol. The Morgan fingerprint density at radius 2 is 1.95 bits per heavy atom. The van der Waals surface area contributed by atoms with Crippen LogP contribution in [0.15, 0.2) is 17.0 Å². The van der Waals surface area contributed by atoms with Crippen LogP contribution >= 0.6 is 11.6 Å². The molecule has 0 spiro atoms. The van der Waals surface area contributed by atoms with E-state index in [0.29, 0.717) is 6.54 Å². The van der Waals surface area contributed by atoms with Gasteiger partial charge in [0.05, 0.1) is 5.69 Å². The van der Waals surface area contributed by atoms with Gasteiger partial charge in [-0.3, -0.25) is 0 Å². The van der Waals surface area contributed by atoms with E-state index in [1.807, 2.05) is 32.8 Å². The van der Waals surface area contributed by atoms with Crippen LogP contribution in [0, 0.1) is 11.2 Å². The number of benzene rings is 1. The molecule has 1 aromatic rings. The molecule has 21 heavy (non-hydrogen) atoms. The number of nitrogens with two attached hydrogens (primary N) is 1. The lowest BCUT2D eigenvalue weighted by Crippen LogP contribution is -2.40. The Labute approximate surface area is 130 Å². The van der Waals surface area contributed by atoms with Crippen LogP contribution in [-0.4, -0.2) is 40.5 Å². The van der Waals surface area contributed by atoms with Gasteiger partial charge in [0, 0.05) is 18.1 Å². The fourth-order valence-electron chi connectivity index (χ4n) is 2.06. The zero-order chi connectivity index (χ0) is 16.4. The van der Waals surface area contributed by atoms with Crippen LogP contribution in [0.1, 0.15) is 13.8 Å². The van der Waals surface area contributed by atoms with Crippen LogP contribution < -0.4 is 10.5 Å². The number of nitrogens with one attached hydrogen (secondary N) is 1. The van der Waals surface area contributed by atoms with E-state index in [4.69, 9.17) is 17.3 Å². The number of nitrogens with zero attached hydrogens (tertiary/aromatic N) is 1. The van der Waals surface area contributed by atoms with Crippen molar-refractivity contribution in [1.29, 1.82) is 0 Å². The minimum absolute atomic E-state index is 0.0711. The van der Waals surface area contributed by atoms with Crippen molar-refractivity contribution < 1.29 is 12.8 Å². The van der Waals surface area contributed by atoms with Crippen molar-refractivity contribution in [2.45, 2.75) is 18.7 Å². The third-order valence-electron chi connectivity index (χ3n) is 2.81. The number of rotatable bonds is 6. The second kappa shape index (κ2) is 6.48. The average molecular weight is 338 g/mol. The lowest BCUT2D eigenvalue weighted by atomic mass is 9.93. The molecule has 0 saturated carbocycles. The molecule has 0 aliphatic heterocycles. The Balaban J connectivity index is 2.98. The summed E-state index contributed by atoms with van der Waals surface area (Å²) in [7, 11) is -0.220. The standard InChI is InChI=1S/C13H21ClFN3O2S/c1-13(2,8-18(3)4)7-17-21(19,20)11-6-9(14)5-10(16)12(11)15/h5-6,17H,7-8,16H2,1-4H3. The highest BCUT2D eigenvalue weighted by Gasteiger charge is 2.26. The number of hydrogen-bond donors (Lipinski definition) is 2. The highest BCUT2D eigenvalue weighted by Crippen LogP contribution is 2.25. The Bertz CT molecular complexity index is 618. The summed E-state index contributed by atoms with van der Waals surface area (Å²) < 4.78 is 40.7. The molecule has 0 bridgehead atoms. The van der Waals surface area contributed by atoms with E-state index >= 15 is 0 Å². The quantitative estimate of drug-likeness (QED) is 0.778. The molecular formula is C13H21ClFN3O2S. The molecule has 8 heteroatoms. The summed E-state index contributed by atoms with van der Waals surface area (Å²) in [5, 5.41) is 0.0711. The summed E-state index contributed by atoms with van der Waals surface area (Å²) in [5.41, 5.74) is 4.80. The number of hydrogen-bond acceptors (Lipinski definition) is 4. The third-order valence-corrected chi connectivity index (χ3v) is 4.43. The molecule has 0 fully saturated rings. The molecule has 0 aliphatic rings. The van der Waals surface area contributed by atoms with Crippen LogP contribution in [0.5, 0.6) is 0 Å². The van der Waals surface area contributed by atoms with Crippen molar-refractivity contribution in [3.05, 3.63) is 23.0 Å². The minimum atomic E-state index is -4.01. The first-order valence-corrected chi connectivity index (χ1v) is 8.20. The van der Waals surface area contributed by atoms with Crippen LogP contribution in [0.25, 0.3) is 0 Å². The molecule has 0 saturated heterocycles. The number of nitrogen functional groups attached to an aromatic ring is 1. The number of anilines is 1. The van der Waals surface area contributed by atoms with Crippen molar-refractivity contribution in [1.82, 2.24) is 9.62 Å². The van der Waals surface area contributed by atoms with Crippen LogP contribution in [0.2, 0.25) is 5.02 Å². The maximum Gasteiger partial charge on any atom is 0.243 e. The normalized spacial score (nSPS) is 12.9. The highest BCUT2D eigenvalue weighted by molar-refractivity contribution is 7.89. The summed E-state index contributed by atoms with van der Waals surface area (Å²) in [6, 6.07) is 2.22. The summed E-state index contributed by atoms with van der Waals surface area (Å²) >= 11 is 5.74. The van der Waals surface area contributed by atoms with Gasteiger partial charge in [-0.1, -0.05) is 25.4 Å². The van der Waals surface area contributed by atoms with E-state index in [1.54, 1.807) is 0 Å². The smallest absolute Gasteiger partial charge is 0.243 e. The van der Waals surface area contributed by atoms with E-state index in [1.165, 1.54) is 6.07 Å². The molecule has 0 amide bonds. The van der Waals surface area contributed by atoms with Crippen molar-refractivity contribution in [3.8, 4) is 0 Å². The van der Waals surface area contributed by atoms with Gasteiger partial charge in [-0.15, -0.1) is 0 Å². The number of halogens is 2. The molecule has 0 aliphatic carbocycles. The van der Waals surface area contributed by atoms with Gasteiger partial charge in [0.1, 0.15) is 4.90 Å². The van der Waals surface area contributed by atoms with Gasteiger partial charge >= 0.3 is 0 Å². The van der Waals surface area contributed by atoms with Gasteiger partial charge in [-0.2, -0.15) is 0 Å². The van der Waals surface area contributed by atoms with Gasteiger partial charge in [0.15, 0.2) is 5.82 Å². The molecule has 5 nitrogen and oxygen atoms in total. The summed E-state index contributed by atoms with van der Waals surface area (Å²) in [6.07, 6.45) is 0. The van der Waals surface area contributed by atoms with Gasteiger partial charge in [0.25, 0.3) is 0 Å². The van der Waals surface area contributed by atoms with Crippen LogP contribution in [0.3, 0.4) is 0 Å². The number of sulfonamides is 1. The summed E-state index contributed by atoms with van der Waals surface area (Å²) in [6.45, 7) is 4.67. The third kappa shape index (κ3) is 5.10. The first kappa shape index (κ1) is 18.2. The molecular weight excluding hydrogens is 317 g/mol. The Kier molecular flexibility index (Phi) is 5.60. The zero-order valence-corrected chi connectivity index (χ0v) is 14.1. The molecule has 1 rings (SSSR count). The average Bonchev–Trinajstić information content (AvgIpc) is 2.30. The molecule has 0 heterocycles. The first-order valence-electron chi connectivity index (χ1n) is 6.33. The SMILES string of the molecule is CN(C)CC(C)(C)CNS(=O)(=O)c1cc(Cl)cc(N)c1F. The van der Waals surface area contributed by atoms with Gasteiger partial charge in [-0.05, 0) is 31.6 Å². The van der Waals surface area contributed by atoms with Gasteiger partial charge < -0.3 is 10.6 Å². The topological polar surface area (TPSA) is 75.4 Å². The fraction of sp³-hybridized carbons (Fsp3) is 0.538. The minimum Gasteiger partial charge on any atom is -0.396 e. The largest absolute Gasteiger partial charge is 0.396 e. The molecule has 0 atom stereocenters. The molecule has 120 valence electrons. The van der Waals surface area contributed by atoms with E-state index in [2.05, 4.69) is 4.72 Å². The van der Waals surface area contributed by atoms with Crippen molar-refractivity contribution in [2.75, 3.05) is 32.9 Å². The fourth-order valence-corrected chi connectivity index (χ4v) is 3.72. The van der Waals surface area contributed by atoms with Gasteiger partial charge in [0.2, 0.25) is 10.0 Å². The van der Waals surface area contributed by atoms with Gasteiger partial charge in [-0.25, -0.2) is 17.5 Å². The van der Waals surface area contributed by atoms with Crippen LogP contribution in [0.4, 0.5) is 10.1 Å². The summed E-state index contributed by atoms with van der Waals surface area (Å²) in [5.74, 6) is -0.989. The maximum atomic E-state index is 13.9.